The van der Waals surface area contributed by atoms with Gasteiger partial charge in [-0.15, -0.1) is 0 Å². The Morgan fingerprint density at radius 3 is 2.52 bits per heavy atom. The molecule has 0 aliphatic carbocycles. The van der Waals surface area contributed by atoms with Crippen LogP contribution in [0.2, 0.25) is 0 Å². The molecule has 0 saturated heterocycles. The average molecular weight is 419 g/mol. The van der Waals surface area contributed by atoms with Gasteiger partial charge in [-0.1, -0.05) is 29.8 Å². The number of benzene rings is 2. The molecule has 29 heavy (non-hydrogen) atoms. The van der Waals surface area contributed by atoms with Crippen LogP contribution < -0.4 is 10.0 Å². The quantitative estimate of drug-likeness (QED) is 0.544. The van der Waals surface area contributed by atoms with E-state index in [1.54, 1.807) is 0 Å². The van der Waals surface area contributed by atoms with Crippen LogP contribution in [0.3, 0.4) is 0 Å². The molecule has 1 aromatic heterocycles. The summed E-state index contributed by atoms with van der Waals surface area (Å²) in [6, 6.07) is 12.9. The number of nitrogens with one attached hydrogen (secondary N) is 2. The third kappa shape index (κ3) is 5.27. The van der Waals surface area contributed by atoms with E-state index in [0.717, 1.165) is 35.5 Å². The van der Waals surface area contributed by atoms with Crippen molar-refractivity contribution >= 4 is 21.5 Å². The number of aliphatic hydroxyl groups is 1. The van der Waals surface area contributed by atoms with Crippen molar-refractivity contribution in [3.8, 4) is 0 Å². The number of hydrogen-bond donors (Lipinski definition) is 3. The second kappa shape index (κ2) is 8.54. The molecule has 2 aromatic carbocycles. The number of aryl methyl sites for hydroxylation is 1. The highest BCUT2D eigenvalue weighted by Crippen LogP contribution is 2.19. The summed E-state index contributed by atoms with van der Waals surface area (Å²) in [7, 11) is -4.02. The van der Waals surface area contributed by atoms with Crippen LogP contribution in [0.25, 0.3) is 0 Å². The lowest BCUT2D eigenvalue weighted by Crippen LogP contribution is -2.15. The maximum Gasteiger partial charge on any atom is 0.263 e. The van der Waals surface area contributed by atoms with Crippen LogP contribution in [0.5, 0.6) is 0 Å². The Morgan fingerprint density at radius 2 is 1.86 bits per heavy atom. The number of sulfonamides is 1. The van der Waals surface area contributed by atoms with Gasteiger partial charge in [-0.2, -0.15) is 0 Å². The number of aliphatic hydroxyl groups excluding tert-OH is 1. The van der Waals surface area contributed by atoms with Gasteiger partial charge in [0.25, 0.3) is 10.0 Å². The maximum absolute atomic E-state index is 13.3. The van der Waals surface area contributed by atoms with Crippen LogP contribution in [0.4, 0.5) is 20.3 Å². The van der Waals surface area contributed by atoms with E-state index < -0.39 is 27.8 Å². The van der Waals surface area contributed by atoms with Crippen molar-refractivity contribution in [3.63, 3.8) is 0 Å². The van der Waals surface area contributed by atoms with Crippen LogP contribution in [0.15, 0.2) is 65.7 Å². The van der Waals surface area contributed by atoms with Gasteiger partial charge in [0.05, 0.1) is 11.8 Å². The van der Waals surface area contributed by atoms with Gasteiger partial charge in [-0.3, -0.25) is 4.72 Å². The van der Waals surface area contributed by atoms with Crippen molar-refractivity contribution in [2.75, 3.05) is 16.6 Å². The van der Waals surface area contributed by atoms with Gasteiger partial charge in [0, 0.05) is 18.8 Å². The SMILES string of the molecule is Cc1cccc(C(O)CNc2ccc(S(=O)(=O)Nc3ccc(F)c(F)c3)cn2)c1. The molecule has 1 unspecified atom stereocenters. The molecule has 1 atom stereocenters. The van der Waals surface area contributed by atoms with E-state index in [9.17, 15) is 22.3 Å². The molecule has 6 nitrogen and oxygen atoms in total. The number of rotatable bonds is 7. The summed E-state index contributed by atoms with van der Waals surface area (Å²) < 4.78 is 53.1. The van der Waals surface area contributed by atoms with E-state index >= 15 is 0 Å². The van der Waals surface area contributed by atoms with Crippen molar-refractivity contribution < 1.29 is 22.3 Å². The highest BCUT2D eigenvalue weighted by atomic mass is 32.2. The van der Waals surface area contributed by atoms with Gasteiger partial charge in [-0.25, -0.2) is 22.2 Å². The minimum absolute atomic E-state index is 0.104. The highest BCUT2D eigenvalue weighted by molar-refractivity contribution is 7.92. The standard InChI is InChI=1S/C20H19F2N3O3S/c1-13-3-2-4-14(9-13)19(26)12-24-20-8-6-16(11-23-20)29(27,28)25-15-5-7-17(21)18(22)10-15/h2-11,19,25-26H,12H2,1H3,(H,23,24). The zero-order valence-electron chi connectivity index (χ0n) is 15.4. The van der Waals surface area contributed by atoms with E-state index in [1.165, 1.54) is 12.1 Å². The van der Waals surface area contributed by atoms with Crippen molar-refractivity contribution in [3.05, 3.63) is 83.6 Å². The molecule has 1 heterocycles. The molecule has 0 fully saturated rings. The van der Waals surface area contributed by atoms with Crippen molar-refractivity contribution in [2.24, 2.45) is 0 Å². The topological polar surface area (TPSA) is 91.3 Å². The van der Waals surface area contributed by atoms with Crippen LogP contribution in [-0.2, 0) is 10.0 Å². The third-order valence-electron chi connectivity index (χ3n) is 4.12. The Kier molecular flexibility index (Phi) is 6.09. The molecule has 9 heteroatoms. The number of hydrogen-bond acceptors (Lipinski definition) is 5. The van der Waals surface area contributed by atoms with Gasteiger partial charge in [0.15, 0.2) is 11.6 Å². The highest BCUT2D eigenvalue weighted by Gasteiger charge is 2.16. The molecule has 0 aliphatic rings. The van der Waals surface area contributed by atoms with Gasteiger partial charge in [-0.05, 0) is 36.8 Å². The lowest BCUT2D eigenvalue weighted by molar-refractivity contribution is 0.191. The molecule has 0 amide bonds. The molecule has 0 bridgehead atoms. The number of nitrogens with zero attached hydrogens (tertiary/aromatic N) is 1. The van der Waals surface area contributed by atoms with Gasteiger partial charge < -0.3 is 10.4 Å². The molecule has 3 rings (SSSR count). The number of aromatic nitrogens is 1. The molecule has 3 aromatic rings. The molecule has 3 N–H and O–H groups in total. The second-order valence-electron chi connectivity index (χ2n) is 6.42. The Balaban J connectivity index is 1.65. The average Bonchev–Trinajstić information content (AvgIpc) is 2.69. The van der Waals surface area contributed by atoms with Crippen LogP contribution >= 0.6 is 0 Å². The predicted molar refractivity (Wildman–Crippen MR) is 106 cm³/mol. The smallest absolute Gasteiger partial charge is 0.263 e. The molecular formula is C20H19F2N3O3S. The summed E-state index contributed by atoms with van der Waals surface area (Å²) in [6.07, 6.45) is 0.374. The lowest BCUT2D eigenvalue weighted by atomic mass is 10.1. The first-order chi connectivity index (χ1) is 13.7. The minimum Gasteiger partial charge on any atom is -0.387 e. The van der Waals surface area contributed by atoms with Gasteiger partial charge >= 0.3 is 0 Å². The van der Waals surface area contributed by atoms with Crippen molar-refractivity contribution in [2.45, 2.75) is 17.9 Å². The number of pyridine rings is 1. The van der Waals surface area contributed by atoms with Crippen LogP contribution in [0, 0.1) is 18.6 Å². The molecular weight excluding hydrogens is 400 g/mol. The molecule has 0 spiro atoms. The van der Waals surface area contributed by atoms with Crippen molar-refractivity contribution in [1.29, 1.82) is 0 Å². The maximum atomic E-state index is 13.3. The Hall–Kier alpha value is -3.04. The normalized spacial score (nSPS) is 12.4. The van der Waals surface area contributed by atoms with E-state index in [2.05, 4.69) is 15.0 Å². The molecule has 0 radical (unpaired) electrons. The van der Waals surface area contributed by atoms with Gasteiger partial charge in [0.2, 0.25) is 0 Å². The van der Waals surface area contributed by atoms with E-state index in [0.29, 0.717) is 5.82 Å². The third-order valence-corrected chi connectivity index (χ3v) is 5.49. The Labute approximate surface area is 167 Å². The molecule has 0 saturated carbocycles. The monoisotopic (exact) mass is 419 g/mol. The minimum atomic E-state index is -4.02. The van der Waals surface area contributed by atoms with E-state index in [-0.39, 0.29) is 17.1 Å². The first kappa shape index (κ1) is 20.7. The summed E-state index contributed by atoms with van der Waals surface area (Å²) in [6.45, 7) is 2.12. The van der Waals surface area contributed by atoms with Crippen LogP contribution in [0.1, 0.15) is 17.2 Å². The fraction of sp³-hybridized carbons (Fsp3) is 0.150. The lowest BCUT2D eigenvalue weighted by Gasteiger charge is -2.14. The summed E-state index contributed by atoms with van der Waals surface area (Å²) in [5.74, 6) is -1.85. The number of anilines is 2. The zero-order chi connectivity index (χ0) is 21.0. The van der Waals surface area contributed by atoms with Gasteiger partial charge in [0.1, 0.15) is 10.7 Å². The fourth-order valence-corrected chi connectivity index (χ4v) is 3.61. The Bertz CT molecular complexity index is 1110. The van der Waals surface area contributed by atoms with Crippen LogP contribution in [-0.4, -0.2) is 25.1 Å². The van der Waals surface area contributed by atoms with E-state index in [1.807, 2.05) is 31.2 Å². The summed E-state index contributed by atoms with van der Waals surface area (Å²) in [5, 5.41) is 13.2. The Morgan fingerprint density at radius 1 is 1.07 bits per heavy atom. The predicted octanol–water partition coefficient (Wildman–Crippen LogP) is 3.61. The van der Waals surface area contributed by atoms with E-state index in [4.69, 9.17) is 0 Å². The largest absolute Gasteiger partial charge is 0.387 e. The molecule has 0 aliphatic heterocycles. The van der Waals surface area contributed by atoms with Crippen molar-refractivity contribution in [1.82, 2.24) is 4.98 Å². The zero-order valence-corrected chi connectivity index (χ0v) is 16.2. The second-order valence-corrected chi connectivity index (χ2v) is 8.11. The molecule has 152 valence electrons. The number of halogens is 2. The first-order valence-electron chi connectivity index (χ1n) is 8.67. The fourth-order valence-electron chi connectivity index (χ4n) is 2.61. The summed E-state index contributed by atoms with van der Waals surface area (Å²) in [5.41, 5.74) is 1.68. The first-order valence-corrected chi connectivity index (χ1v) is 10.2. The summed E-state index contributed by atoms with van der Waals surface area (Å²) >= 11 is 0. The summed E-state index contributed by atoms with van der Waals surface area (Å²) in [4.78, 5) is 3.88.